The maximum Gasteiger partial charge on any atom is 0.119 e. The molecular formula is C13H21NO3. The predicted molar refractivity (Wildman–Crippen MR) is 67.2 cm³/mol. The van der Waals surface area contributed by atoms with Crippen molar-refractivity contribution in [2.45, 2.75) is 26.0 Å². The first-order valence-corrected chi connectivity index (χ1v) is 5.83. The van der Waals surface area contributed by atoms with Crippen molar-refractivity contribution in [2.75, 3.05) is 19.8 Å². The van der Waals surface area contributed by atoms with Crippen molar-refractivity contribution >= 4 is 0 Å². The summed E-state index contributed by atoms with van der Waals surface area (Å²) in [7, 11) is 0. The number of hydrogen-bond acceptors (Lipinski definition) is 4. The monoisotopic (exact) mass is 239 g/mol. The Balaban J connectivity index is 2.23. The first-order chi connectivity index (χ1) is 8.11. The van der Waals surface area contributed by atoms with Crippen LogP contribution in [0.1, 0.15) is 12.5 Å². The number of aryl methyl sites for hydroxylation is 1. The van der Waals surface area contributed by atoms with Gasteiger partial charge in [-0.15, -0.1) is 0 Å². The molecule has 0 saturated carbocycles. The molecule has 1 aromatic carbocycles. The van der Waals surface area contributed by atoms with E-state index in [9.17, 15) is 0 Å². The number of aliphatic hydroxyl groups is 2. The highest BCUT2D eigenvalue weighted by atomic mass is 16.5. The Hall–Kier alpha value is -1.10. The van der Waals surface area contributed by atoms with Gasteiger partial charge in [-0.05, 0) is 26.0 Å². The van der Waals surface area contributed by atoms with Gasteiger partial charge in [0.2, 0.25) is 0 Å². The predicted octanol–water partition coefficient (Wildman–Crippen LogP) is 0.705. The lowest BCUT2D eigenvalue weighted by Gasteiger charge is -2.16. The van der Waals surface area contributed by atoms with Gasteiger partial charge in [-0.1, -0.05) is 17.7 Å². The molecule has 4 heteroatoms. The standard InChI is InChI=1S/C13H21NO3/c1-10-3-5-13(6-4-10)17-9-11(2)14-7-12(16)8-15/h3-6,11-12,14-16H,7-9H2,1-2H3/t11?,12-/m0/s1. The van der Waals surface area contributed by atoms with Crippen molar-refractivity contribution < 1.29 is 14.9 Å². The molecule has 0 spiro atoms. The van der Waals surface area contributed by atoms with Crippen LogP contribution in [0.5, 0.6) is 5.75 Å². The van der Waals surface area contributed by atoms with E-state index >= 15 is 0 Å². The second kappa shape index (κ2) is 7.27. The van der Waals surface area contributed by atoms with Gasteiger partial charge >= 0.3 is 0 Å². The molecule has 0 heterocycles. The second-order valence-electron chi connectivity index (χ2n) is 4.27. The molecule has 1 unspecified atom stereocenters. The Morgan fingerprint density at radius 2 is 1.94 bits per heavy atom. The molecule has 2 atom stereocenters. The zero-order valence-electron chi connectivity index (χ0n) is 10.4. The summed E-state index contributed by atoms with van der Waals surface area (Å²) in [6.45, 7) is 4.68. The lowest BCUT2D eigenvalue weighted by atomic mass is 10.2. The zero-order chi connectivity index (χ0) is 12.7. The van der Waals surface area contributed by atoms with Crippen LogP contribution in [0.3, 0.4) is 0 Å². The third-order valence-electron chi connectivity index (χ3n) is 2.43. The number of rotatable bonds is 7. The van der Waals surface area contributed by atoms with E-state index in [1.807, 2.05) is 38.1 Å². The Labute approximate surface area is 102 Å². The van der Waals surface area contributed by atoms with E-state index in [0.29, 0.717) is 13.2 Å². The summed E-state index contributed by atoms with van der Waals surface area (Å²) in [6.07, 6.45) is -0.711. The molecular weight excluding hydrogens is 218 g/mol. The molecule has 0 amide bonds. The Morgan fingerprint density at radius 1 is 1.29 bits per heavy atom. The minimum absolute atomic E-state index is 0.123. The van der Waals surface area contributed by atoms with Gasteiger partial charge in [0.15, 0.2) is 0 Å². The normalized spacial score (nSPS) is 14.4. The molecule has 17 heavy (non-hydrogen) atoms. The van der Waals surface area contributed by atoms with Gasteiger partial charge in [0.25, 0.3) is 0 Å². The Bertz CT molecular complexity index is 313. The summed E-state index contributed by atoms with van der Waals surface area (Å²) in [6, 6.07) is 8.00. The highest BCUT2D eigenvalue weighted by Gasteiger charge is 2.06. The van der Waals surface area contributed by atoms with Crippen LogP contribution >= 0.6 is 0 Å². The zero-order valence-corrected chi connectivity index (χ0v) is 10.4. The molecule has 0 aliphatic carbocycles. The molecule has 3 N–H and O–H groups in total. The average Bonchev–Trinajstić information content (AvgIpc) is 2.35. The summed E-state index contributed by atoms with van der Waals surface area (Å²) < 4.78 is 5.58. The summed E-state index contributed by atoms with van der Waals surface area (Å²) >= 11 is 0. The van der Waals surface area contributed by atoms with Crippen LogP contribution in [0, 0.1) is 6.92 Å². The molecule has 96 valence electrons. The molecule has 0 bridgehead atoms. The highest BCUT2D eigenvalue weighted by Crippen LogP contribution is 2.11. The third-order valence-corrected chi connectivity index (χ3v) is 2.43. The number of hydrogen-bond donors (Lipinski definition) is 3. The number of benzene rings is 1. The molecule has 0 aliphatic heterocycles. The van der Waals surface area contributed by atoms with Crippen molar-refractivity contribution in [3.63, 3.8) is 0 Å². The SMILES string of the molecule is Cc1ccc(OCC(C)NC[C@H](O)CO)cc1. The summed E-state index contributed by atoms with van der Waals surface area (Å²) in [5.41, 5.74) is 1.20. The van der Waals surface area contributed by atoms with E-state index in [-0.39, 0.29) is 12.6 Å². The lowest BCUT2D eigenvalue weighted by Crippen LogP contribution is -2.38. The van der Waals surface area contributed by atoms with Crippen LogP contribution in [0.4, 0.5) is 0 Å². The van der Waals surface area contributed by atoms with Gasteiger partial charge in [0.1, 0.15) is 12.4 Å². The topological polar surface area (TPSA) is 61.7 Å². The van der Waals surface area contributed by atoms with Crippen LogP contribution in [-0.4, -0.2) is 42.1 Å². The first-order valence-electron chi connectivity index (χ1n) is 5.83. The van der Waals surface area contributed by atoms with Crippen molar-refractivity contribution in [1.29, 1.82) is 0 Å². The van der Waals surface area contributed by atoms with Crippen LogP contribution in [0.25, 0.3) is 0 Å². The van der Waals surface area contributed by atoms with E-state index in [1.54, 1.807) is 0 Å². The molecule has 0 aliphatic rings. The van der Waals surface area contributed by atoms with Crippen LogP contribution in [-0.2, 0) is 0 Å². The number of nitrogens with one attached hydrogen (secondary N) is 1. The van der Waals surface area contributed by atoms with Crippen LogP contribution in [0.15, 0.2) is 24.3 Å². The van der Waals surface area contributed by atoms with E-state index in [4.69, 9.17) is 14.9 Å². The van der Waals surface area contributed by atoms with E-state index < -0.39 is 6.10 Å². The molecule has 0 aromatic heterocycles. The molecule has 1 aromatic rings. The average molecular weight is 239 g/mol. The third kappa shape index (κ3) is 5.68. The fraction of sp³-hybridized carbons (Fsp3) is 0.538. The quantitative estimate of drug-likeness (QED) is 0.655. The van der Waals surface area contributed by atoms with E-state index in [0.717, 1.165) is 5.75 Å². The fourth-order valence-electron chi connectivity index (χ4n) is 1.32. The minimum atomic E-state index is -0.711. The van der Waals surface area contributed by atoms with Gasteiger partial charge in [0.05, 0.1) is 12.7 Å². The molecule has 4 nitrogen and oxygen atoms in total. The number of ether oxygens (including phenoxy) is 1. The molecule has 0 radical (unpaired) electrons. The largest absolute Gasteiger partial charge is 0.492 e. The first kappa shape index (κ1) is 14.0. The maximum atomic E-state index is 9.17. The summed E-state index contributed by atoms with van der Waals surface area (Å²) in [4.78, 5) is 0. The van der Waals surface area contributed by atoms with Gasteiger partial charge < -0.3 is 20.3 Å². The summed E-state index contributed by atoms with van der Waals surface area (Å²) in [5.74, 6) is 0.840. The Kier molecular flexibility index (Phi) is 5.97. The molecule has 0 saturated heterocycles. The Morgan fingerprint density at radius 3 is 2.53 bits per heavy atom. The maximum absolute atomic E-state index is 9.17. The lowest BCUT2D eigenvalue weighted by molar-refractivity contribution is 0.0903. The highest BCUT2D eigenvalue weighted by molar-refractivity contribution is 5.26. The number of aliphatic hydroxyl groups excluding tert-OH is 2. The smallest absolute Gasteiger partial charge is 0.119 e. The molecule has 1 rings (SSSR count). The van der Waals surface area contributed by atoms with Crippen molar-refractivity contribution in [3.8, 4) is 5.75 Å². The van der Waals surface area contributed by atoms with Gasteiger partial charge in [-0.25, -0.2) is 0 Å². The minimum Gasteiger partial charge on any atom is -0.492 e. The fourth-order valence-corrected chi connectivity index (χ4v) is 1.32. The van der Waals surface area contributed by atoms with E-state index in [2.05, 4.69) is 5.32 Å². The van der Waals surface area contributed by atoms with Crippen molar-refractivity contribution in [2.24, 2.45) is 0 Å². The van der Waals surface area contributed by atoms with Crippen LogP contribution < -0.4 is 10.1 Å². The van der Waals surface area contributed by atoms with Gasteiger partial charge in [0, 0.05) is 12.6 Å². The van der Waals surface area contributed by atoms with Gasteiger partial charge in [-0.3, -0.25) is 0 Å². The van der Waals surface area contributed by atoms with Crippen molar-refractivity contribution in [3.05, 3.63) is 29.8 Å². The van der Waals surface area contributed by atoms with Crippen LogP contribution in [0.2, 0.25) is 0 Å². The van der Waals surface area contributed by atoms with Gasteiger partial charge in [-0.2, -0.15) is 0 Å². The second-order valence-corrected chi connectivity index (χ2v) is 4.27. The van der Waals surface area contributed by atoms with Crippen molar-refractivity contribution in [1.82, 2.24) is 5.32 Å². The molecule has 0 fully saturated rings. The van der Waals surface area contributed by atoms with E-state index in [1.165, 1.54) is 5.56 Å². The summed E-state index contributed by atoms with van der Waals surface area (Å²) in [5, 5.41) is 20.9.